The number of aliphatic carboxylic acids is 1. The average Bonchev–Trinajstić information content (AvgIpc) is 2.66. The van der Waals surface area contributed by atoms with Crippen LogP contribution >= 0.6 is 12.4 Å². The van der Waals surface area contributed by atoms with E-state index in [9.17, 15) is 4.79 Å². The number of benzene rings is 2. The molecule has 0 aromatic heterocycles. The molecule has 3 rings (SSSR count). The van der Waals surface area contributed by atoms with Gasteiger partial charge in [0.1, 0.15) is 11.5 Å². The molecule has 1 aliphatic heterocycles. The van der Waals surface area contributed by atoms with Crippen molar-refractivity contribution in [3.8, 4) is 11.5 Å². The molecule has 0 spiro atoms. The summed E-state index contributed by atoms with van der Waals surface area (Å²) in [7, 11) is 0. The van der Waals surface area contributed by atoms with E-state index >= 15 is 0 Å². The minimum Gasteiger partial charge on any atom is -0.481 e. The van der Waals surface area contributed by atoms with Crippen LogP contribution in [0.5, 0.6) is 11.5 Å². The maximum absolute atomic E-state index is 11.0. The number of nitrogens with zero attached hydrogens (tertiary/aromatic N) is 1. The van der Waals surface area contributed by atoms with Gasteiger partial charge in [0.25, 0.3) is 0 Å². The third kappa shape index (κ3) is 5.47. The summed E-state index contributed by atoms with van der Waals surface area (Å²) < 4.78 is 11.9. The maximum Gasteiger partial charge on any atom is 0.304 e. The number of hydrogen-bond donors (Lipinski definition) is 1. The molecule has 0 aliphatic carbocycles. The highest BCUT2D eigenvalue weighted by Gasteiger charge is 2.26. The lowest BCUT2D eigenvalue weighted by atomic mass is 10.1. The van der Waals surface area contributed by atoms with Gasteiger partial charge in [0.05, 0.1) is 19.1 Å². The summed E-state index contributed by atoms with van der Waals surface area (Å²) >= 11 is 0. The van der Waals surface area contributed by atoms with E-state index < -0.39 is 5.97 Å². The van der Waals surface area contributed by atoms with Crippen LogP contribution in [-0.4, -0.2) is 41.7 Å². The Morgan fingerprint density at radius 2 is 1.96 bits per heavy atom. The zero-order chi connectivity index (χ0) is 19.4. The van der Waals surface area contributed by atoms with Gasteiger partial charge < -0.3 is 14.6 Å². The molecule has 1 saturated heterocycles. The molecule has 2 atom stereocenters. The lowest BCUT2D eigenvalue weighted by Gasteiger charge is -2.36. The second-order valence-electron chi connectivity index (χ2n) is 7.17. The van der Waals surface area contributed by atoms with Crippen LogP contribution in [0.2, 0.25) is 0 Å². The van der Waals surface area contributed by atoms with Gasteiger partial charge in [-0.2, -0.15) is 0 Å². The van der Waals surface area contributed by atoms with Crippen LogP contribution in [0.15, 0.2) is 42.5 Å². The van der Waals surface area contributed by atoms with Gasteiger partial charge >= 0.3 is 5.97 Å². The molecule has 2 aromatic carbocycles. The molecular weight excluding hydrogens is 378 g/mol. The van der Waals surface area contributed by atoms with Gasteiger partial charge in [-0.1, -0.05) is 24.3 Å². The first kappa shape index (κ1) is 22.2. The van der Waals surface area contributed by atoms with Crippen molar-refractivity contribution in [3.05, 3.63) is 59.2 Å². The highest BCUT2D eigenvalue weighted by atomic mass is 35.5. The SMILES string of the molecule is Cc1cccc(Oc2ccc(C3CN(C(C)CC(=O)O)CCO3)cc2)c1C.Cl. The number of halogens is 1. The summed E-state index contributed by atoms with van der Waals surface area (Å²) in [6.45, 7) is 8.15. The third-order valence-electron chi connectivity index (χ3n) is 5.23. The molecule has 0 bridgehead atoms. The first-order chi connectivity index (χ1) is 12.9. The van der Waals surface area contributed by atoms with Gasteiger partial charge in [0.2, 0.25) is 0 Å². The van der Waals surface area contributed by atoms with Gasteiger partial charge in [-0.25, -0.2) is 0 Å². The van der Waals surface area contributed by atoms with Crippen LogP contribution < -0.4 is 4.74 Å². The van der Waals surface area contributed by atoms with Gasteiger partial charge in [-0.3, -0.25) is 9.69 Å². The van der Waals surface area contributed by atoms with Crippen LogP contribution in [0.3, 0.4) is 0 Å². The monoisotopic (exact) mass is 405 g/mol. The Kier molecular flexibility index (Phi) is 7.87. The molecule has 5 nitrogen and oxygen atoms in total. The van der Waals surface area contributed by atoms with Crippen molar-refractivity contribution in [1.82, 2.24) is 4.90 Å². The third-order valence-corrected chi connectivity index (χ3v) is 5.23. The van der Waals surface area contributed by atoms with Crippen LogP contribution in [0.4, 0.5) is 0 Å². The Labute approximate surface area is 172 Å². The predicted octanol–water partition coefficient (Wildman–Crippen LogP) is 4.75. The number of aryl methyl sites for hydroxylation is 1. The molecule has 6 heteroatoms. The summed E-state index contributed by atoms with van der Waals surface area (Å²) in [4.78, 5) is 13.1. The first-order valence-electron chi connectivity index (χ1n) is 9.35. The van der Waals surface area contributed by atoms with E-state index in [2.05, 4.69) is 24.8 Å². The fraction of sp³-hybridized carbons (Fsp3) is 0.409. The number of hydrogen-bond acceptors (Lipinski definition) is 4. The summed E-state index contributed by atoms with van der Waals surface area (Å²) in [5, 5.41) is 9.01. The van der Waals surface area contributed by atoms with E-state index in [1.165, 1.54) is 5.56 Å². The van der Waals surface area contributed by atoms with E-state index in [-0.39, 0.29) is 31.0 Å². The largest absolute Gasteiger partial charge is 0.481 e. The lowest BCUT2D eigenvalue weighted by molar-refractivity contribution is -0.139. The topological polar surface area (TPSA) is 59.0 Å². The van der Waals surface area contributed by atoms with Crippen molar-refractivity contribution in [2.75, 3.05) is 19.7 Å². The van der Waals surface area contributed by atoms with Gasteiger partial charge in [-0.15, -0.1) is 12.4 Å². The van der Waals surface area contributed by atoms with Crippen LogP contribution in [0, 0.1) is 13.8 Å². The highest BCUT2D eigenvalue weighted by Crippen LogP contribution is 2.29. The quantitative estimate of drug-likeness (QED) is 0.751. The minimum atomic E-state index is -0.765. The molecule has 1 aliphatic rings. The number of morpholine rings is 1. The van der Waals surface area contributed by atoms with Gasteiger partial charge in [-0.05, 0) is 55.7 Å². The number of carboxylic acids is 1. The summed E-state index contributed by atoms with van der Waals surface area (Å²) in [6, 6.07) is 14.0. The molecule has 2 unspecified atom stereocenters. The standard InChI is InChI=1S/C22H27NO4.ClH/c1-15-5-4-6-20(17(15)3)27-19-9-7-18(8-10-19)21-14-23(11-12-26-21)16(2)13-22(24)25;/h4-10,16,21H,11-14H2,1-3H3,(H,24,25);1H. The smallest absolute Gasteiger partial charge is 0.304 e. The molecule has 2 aromatic rings. The Morgan fingerprint density at radius 3 is 2.64 bits per heavy atom. The Hall–Kier alpha value is -2.08. The van der Waals surface area contributed by atoms with E-state index in [1.807, 2.05) is 43.3 Å². The van der Waals surface area contributed by atoms with E-state index in [0.717, 1.165) is 29.2 Å². The second-order valence-corrected chi connectivity index (χ2v) is 7.17. The van der Waals surface area contributed by atoms with Crippen LogP contribution in [0.1, 0.15) is 36.1 Å². The van der Waals surface area contributed by atoms with Crippen LogP contribution in [-0.2, 0) is 9.53 Å². The number of carbonyl (C=O) groups is 1. The first-order valence-corrected chi connectivity index (χ1v) is 9.35. The van der Waals surface area contributed by atoms with Gasteiger partial charge in [0, 0.05) is 19.1 Å². The molecule has 0 saturated carbocycles. The zero-order valence-electron chi connectivity index (χ0n) is 16.6. The molecule has 1 heterocycles. The molecule has 0 amide bonds. The van der Waals surface area contributed by atoms with E-state index in [0.29, 0.717) is 13.2 Å². The molecule has 28 heavy (non-hydrogen) atoms. The van der Waals surface area contributed by atoms with E-state index in [1.54, 1.807) is 0 Å². The second kappa shape index (κ2) is 9.92. The summed E-state index contributed by atoms with van der Waals surface area (Å²) in [5.74, 6) is 0.892. The number of ether oxygens (including phenoxy) is 2. The fourth-order valence-electron chi connectivity index (χ4n) is 3.37. The maximum atomic E-state index is 11.0. The zero-order valence-corrected chi connectivity index (χ0v) is 17.4. The summed E-state index contributed by atoms with van der Waals surface area (Å²) in [5.41, 5.74) is 3.42. The lowest BCUT2D eigenvalue weighted by Crippen LogP contribution is -2.44. The fourth-order valence-corrected chi connectivity index (χ4v) is 3.37. The number of rotatable bonds is 6. The Bertz CT molecular complexity index is 794. The van der Waals surface area contributed by atoms with Crippen molar-refractivity contribution in [2.45, 2.75) is 39.3 Å². The Balaban J connectivity index is 0.00000280. The molecule has 152 valence electrons. The van der Waals surface area contributed by atoms with Crippen molar-refractivity contribution in [2.24, 2.45) is 0 Å². The molecular formula is C22H28ClNO4. The summed E-state index contributed by atoms with van der Waals surface area (Å²) in [6.07, 6.45) is 0.0970. The predicted molar refractivity (Wildman–Crippen MR) is 112 cm³/mol. The van der Waals surface area contributed by atoms with Crippen LogP contribution in [0.25, 0.3) is 0 Å². The van der Waals surface area contributed by atoms with Gasteiger partial charge in [0.15, 0.2) is 0 Å². The van der Waals surface area contributed by atoms with Crippen molar-refractivity contribution < 1.29 is 19.4 Å². The normalized spacial score (nSPS) is 18.2. The number of carboxylic acid groups (broad SMARTS) is 1. The van der Waals surface area contributed by atoms with Crippen molar-refractivity contribution in [1.29, 1.82) is 0 Å². The van der Waals surface area contributed by atoms with E-state index in [4.69, 9.17) is 14.6 Å². The van der Waals surface area contributed by atoms with Crippen molar-refractivity contribution >= 4 is 18.4 Å². The average molecular weight is 406 g/mol. The highest BCUT2D eigenvalue weighted by molar-refractivity contribution is 5.85. The Morgan fingerprint density at radius 1 is 1.25 bits per heavy atom. The molecule has 1 N–H and O–H groups in total. The molecule has 1 fully saturated rings. The minimum absolute atomic E-state index is 0. The van der Waals surface area contributed by atoms with Crippen molar-refractivity contribution in [3.63, 3.8) is 0 Å². The molecule has 0 radical (unpaired) electrons.